The van der Waals surface area contributed by atoms with E-state index in [2.05, 4.69) is 12.2 Å². The molecule has 1 aliphatic heterocycles. The fourth-order valence-corrected chi connectivity index (χ4v) is 2.82. The molecule has 2 nitrogen and oxygen atoms in total. The Labute approximate surface area is 119 Å². The summed E-state index contributed by atoms with van der Waals surface area (Å²) in [7, 11) is 0. The normalized spacial score (nSPS) is 24.2. The number of hydrogen-bond donors (Lipinski definition) is 1. The fraction of sp³-hybridized carbons (Fsp3) is 0.571. The number of ether oxygens (including phenoxy) is 1. The highest BCUT2D eigenvalue weighted by molar-refractivity contribution is 6.42. The maximum Gasteiger partial charge on any atom is 0.0595 e. The summed E-state index contributed by atoms with van der Waals surface area (Å²) < 4.78 is 5.59. The van der Waals surface area contributed by atoms with Crippen LogP contribution in [0.15, 0.2) is 18.2 Å². The molecule has 1 aliphatic rings. The zero-order chi connectivity index (χ0) is 13.0. The summed E-state index contributed by atoms with van der Waals surface area (Å²) in [5, 5.41) is 4.79. The van der Waals surface area contributed by atoms with E-state index in [0.717, 1.165) is 32.6 Å². The van der Waals surface area contributed by atoms with Gasteiger partial charge in [0.2, 0.25) is 0 Å². The van der Waals surface area contributed by atoms with E-state index in [1.54, 1.807) is 0 Å². The molecule has 1 fully saturated rings. The third-order valence-corrected chi connectivity index (χ3v) is 4.16. The minimum absolute atomic E-state index is 0.510. The Bertz CT molecular complexity index is 395. The zero-order valence-electron chi connectivity index (χ0n) is 10.6. The summed E-state index contributed by atoms with van der Waals surface area (Å²) in [6.45, 7) is 4.82. The van der Waals surface area contributed by atoms with Crippen LogP contribution in [-0.4, -0.2) is 25.8 Å². The molecule has 0 radical (unpaired) electrons. The molecule has 1 aromatic rings. The first-order valence-electron chi connectivity index (χ1n) is 6.45. The van der Waals surface area contributed by atoms with Gasteiger partial charge in [0.25, 0.3) is 0 Å². The van der Waals surface area contributed by atoms with Crippen molar-refractivity contribution in [3.8, 4) is 0 Å². The van der Waals surface area contributed by atoms with Crippen molar-refractivity contribution in [3.63, 3.8) is 0 Å². The second-order valence-corrected chi connectivity index (χ2v) is 5.55. The first-order chi connectivity index (χ1) is 8.70. The van der Waals surface area contributed by atoms with Gasteiger partial charge in [-0.05, 0) is 37.1 Å². The molecule has 0 aliphatic carbocycles. The number of nitrogens with one attached hydrogen (secondary N) is 1. The van der Waals surface area contributed by atoms with Gasteiger partial charge in [-0.2, -0.15) is 0 Å². The van der Waals surface area contributed by atoms with Gasteiger partial charge in [0.15, 0.2) is 0 Å². The van der Waals surface area contributed by atoms with Gasteiger partial charge in [0.05, 0.1) is 16.7 Å². The minimum Gasteiger partial charge on any atom is -0.381 e. The maximum atomic E-state index is 6.05. The molecule has 0 amide bonds. The van der Waals surface area contributed by atoms with Gasteiger partial charge in [-0.3, -0.25) is 0 Å². The van der Waals surface area contributed by atoms with Gasteiger partial charge < -0.3 is 10.1 Å². The van der Waals surface area contributed by atoms with Crippen molar-refractivity contribution in [1.82, 2.24) is 5.32 Å². The molecule has 1 aromatic carbocycles. The van der Waals surface area contributed by atoms with E-state index < -0.39 is 0 Å². The summed E-state index contributed by atoms with van der Waals surface area (Å²) in [5.74, 6) is 0.510. The topological polar surface area (TPSA) is 21.3 Å². The van der Waals surface area contributed by atoms with Crippen molar-refractivity contribution in [2.75, 3.05) is 19.8 Å². The summed E-state index contributed by atoms with van der Waals surface area (Å²) in [5.41, 5.74) is 1.22. The SMILES string of the molecule is CCN[C@H]1CCOC[C@@H]1Cc1ccc(Cl)c(Cl)c1. The number of hydrogen-bond acceptors (Lipinski definition) is 2. The molecule has 18 heavy (non-hydrogen) atoms. The van der Waals surface area contributed by atoms with Crippen molar-refractivity contribution in [1.29, 1.82) is 0 Å². The van der Waals surface area contributed by atoms with Crippen LogP contribution >= 0.6 is 23.2 Å². The molecule has 1 saturated heterocycles. The molecule has 4 heteroatoms. The van der Waals surface area contributed by atoms with E-state index in [9.17, 15) is 0 Å². The van der Waals surface area contributed by atoms with E-state index >= 15 is 0 Å². The monoisotopic (exact) mass is 287 g/mol. The van der Waals surface area contributed by atoms with Gasteiger partial charge in [-0.1, -0.05) is 36.2 Å². The van der Waals surface area contributed by atoms with Crippen LogP contribution in [0.2, 0.25) is 10.0 Å². The summed E-state index contributed by atoms with van der Waals surface area (Å²) >= 11 is 12.0. The highest BCUT2D eigenvalue weighted by atomic mass is 35.5. The van der Waals surface area contributed by atoms with Gasteiger partial charge >= 0.3 is 0 Å². The quantitative estimate of drug-likeness (QED) is 0.914. The van der Waals surface area contributed by atoms with Crippen LogP contribution < -0.4 is 5.32 Å². The van der Waals surface area contributed by atoms with Crippen molar-refractivity contribution in [2.24, 2.45) is 5.92 Å². The third-order valence-electron chi connectivity index (χ3n) is 3.42. The molecule has 2 atom stereocenters. The average molecular weight is 288 g/mol. The van der Waals surface area contributed by atoms with Gasteiger partial charge in [0.1, 0.15) is 0 Å². The van der Waals surface area contributed by atoms with Crippen molar-refractivity contribution in [3.05, 3.63) is 33.8 Å². The molecule has 0 unspecified atom stereocenters. The molecule has 0 aromatic heterocycles. The predicted molar refractivity (Wildman–Crippen MR) is 76.6 cm³/mol. The molecule has 1 N–H and O–H groups in total. The lowest BCUT2D eigenvalue weighted by molar-refractivity contribution is 0.0327. The van der Waals surface area contributed by atoms with Crippen molar-refractivity contribution in [2.45, 2.75) is 25.8 Å². The highest BCUT2D eigenvalue weighted by Gasteiger charge is 2.25. The Morgan fingerprint density at radius 3 is 2.89 bits per heavy atom. The Hall–Kier alpha value is -0.280. The van der Waals surface area contributed by atoms with Crippen LogP contribution in [0.1, 0.15) is 18.9 Å². The van der Waals surface area contributed by atoms with Crippen LogP contribution in [0.5, 0.6) is 0 Å². The molecule has 0 spiro atoms. The summed E-state index contributed by atoms with van der Waals surface area (Å²) in [4.78, 5) is 0. The van der Waals surface area contributed by atoms with Gasteiger partial charge in [-0.15, -0.1) is 0 Å². The first-order valence-corrected chi connectivity index (χ1v) is 7.21. The van der Waals surface area contributed by atoms with Crippen LogP contribution in [0.3, 0.4) is 0 Å². The lowest BCUT2D eigenvalue weighted by atomic mass is 9.89. The lowest BCUT2D eigenvalue weighted by Gasteiger charge is -2.32. The molecule has 100 valence electrons. The molecule has 2 rings (SSSR count). The number of benzene rings is 1. The lowest BCUT2D eigenvalue weighted by Crippen LogP contribution is -2.43. The van der Waals surface area contributed by atoms with E-state index in [1.165, 1.54) is 5.56 Å². The minimum atomic E-state index is 0.510. The van der Waals surface area contributed by atoms with Crippen molar-refractivity contribution >= 4 is 23.2 Å². The summed E-state index contributed by atoms with van der Waals surface area (Å²) in [6, 6.07) is 6.41. The van der Waals surface area contributed by atoms with E-state index in [0.29, 0.717) is 22.0 Å². The van der Waals surface area contributed by atoms with Crippen LogP contribution in [-0.2, 0) is 11.2 Å². The number of halogens is 2. The standard InChI is InChI=1S/C14H19Cl2NO/c1-2-17-14-5-6-18-9-11(14)7-10-3-4-12(15)13(16)8-10/h3-4,8,11,14,17H,2,5-7,9H2,1H3/t11-,14-/m0/s1. The zero-order valence-corrected chi connectivity index (χ0v) is 12.1. The number of rotatable bonds is 4. The van der Waals surface area contributed by atoms with E-state index in [-0.39, 0.29) is 0 Å². The summed E-state index contributed by atoms with van der Waals surface area (Å²) in [6.07, 6.45) is 2.06. The predicted octanol–water partition coefficient (Wildman–Crippen LogP) is 3.55. The average Bonchev–Trinajstić information content (AvgIpc) is 2.37. The Morgan fingerprint density at radius 2 is 2.17 bits per heavy atom. The highest BCUT2D eigenvalue weighted by Crippen LogP contribution is 2.26. The first kappa shape index (κ1) is 14.1. The van der Waals surface area contributed by atoms with Crippen LogP contribution in [0, 0.1) is 5.92 Å². The fourth-order valence-electron chi connectivity index (χ4n) is 2.50. The Morgan fingerprint density at radius 1 is 1.33 bits per heavy atom. The third kappa shape index (κ3) is 3.61. The Kier molecular flexibility index (Phi) is 5.31. The van der Waals surface area contributed by atoms with Crippen LogP contribution in [0.4, 0.5) is 0 Å². The molecule has 1 heterocycles. The molecular weight excluding hydrogens is 269 g/mol. The molecular formula is C14H19Cl2NO. The van der Waals surface area contributed by atoms with E-state index in [1.807, 2.05) is 18.2 Å². The van der Waals surface area contributed by atoms with Crippen molar-refractivity contribution < 1.29 is 4.74 Å². The second-order valence-electron chi connectivity index (χ2n) is 4.74. The second kappa shape index (κ2) is 6.76. The smallest absolute Gasteiger partial charge is 0.0595 e. The Balaban J connectivity index is 2.03. The van der Waals surface area contributed by atoms with Crippen LogP contribution in [0.25, 0.3) is 0 Å². The van der Waals surface area contributed by atoms with Gasteiger partial charge in [0, 0.05) is 18.6 Å². The molecule has 0 saturated carbocycles. The molecule has 0 bridgehead atoms. The van der Waals surface area contributed by atoms with E-state index in [4.69, 9.17) is 27.9 Å². The maximum absolute atomic E-state index is 6.05. The largest absolute Gasteiger partial charge is 0.381 e. The van der Waals surface area contributed by atoms with Gasteiger partial charge in [-0.25, -0.2) is 0 Å².